The van der Waals surface area contributed by atoms with Crippen LogP contribution in [0.25, 0.3) is 0 Å². The van der Waals surface area contributed by atoms with Crippen LogP contribution in [-0.4, -0.2) is 60.5 Å². The quantitative estimate of drug-likeness (QED) is 0.799. The Hall–Kier alpha value is -2.40. The zero-order valence-corrected chi connectivity index (χ0v) is 17.6. The van der Waals surface area contributed by atoms with E-state index >= 15 is 0 Å². The van der Waals surface area contributed by atoms with Crippen molar-refractivity contribution < 1.29 is 4.79 Å². The van der Waals surface area contributed by atoms with Crippen molar-refractivity contribution in [3.05, 3.63) is 59.8 Å². The zero-order valence-electron chi connectivity index (χ0n) is 17.6. The highest BCUT2D eigenvalue weighted by molar-refractivity contribution is 5.78. The Morgan fingerprint density at radius 1 is 1.04 bits per heavy atom. The number of benzene rings is 1. The fourth-order valence-corrected chi connectivity index (χ4v) is 3.53. The lowest BCUT2D eigenvalue weighted by Gasteiger charge is -2.36. The van der Waals surface area contributed by atoms with Crippen molar-refractivity contribution in [1.82, 2.24) is 14.8 Å². The summed E-state index contributed by atoms with van der Waals surface area (Å²) in [4.78, 5) is 23.4. The van der Waals surface area contributed by atoms with Gasteiger partial charge >= 0.3 is 0 Å². The summed E-state index contributed by atoms with van der Waals surface area (Å²) in [6.07, 6.45) is 1.82. The van der Waals surface area contributed by atoms with Gasteiger partial charge in [0, 0.05) is 38.9 Å². The predicted molar refractivity (Wildman–Crippen MR) is 115 cm³/mol. The summed E-state index contributed by atoms with van der Waals surface area (Å²) >= 11 is 0. The largest absolute Gasteiger partial charge is 0.353 e. The number of amides is 1. The first-order valence-electron chi connectivity index (χ1n) is 10.0. The first kappa shape index (κ1) is 20.3. The predicted octanol–water partition coefficient (Wildman–Crippen LogP) is 3.16. The van der Waals surface area contributed by atoms with E-state index in [2.05, 4.69) is 59.8 Å². The standard InChI is InChI=1S/C23H32N4O/c1-23(2,3)20-10-8-19(9-11-20)17-25(4)18-22(28)27-15-13-26(14-16-27)21-7-5-6-12-24-21/h5-12H,13-18H2,1-4H3. The Morgan fingerprint density at radius 2 is 1.71 bits per heavy atom. The van der Waals surface area contributed by atoms with E-state index < -0.39 is 0 Å². The van der Waals surface area contributed by atoms with E-state index in [-0.39, 0.29) is 11.3 Å². The minimum absolute atomic E-state index is 0.164. The molecule has 5 heteroatoms. The molecule has 1 saturated heterocycles. The molecule has 1 aromatic carbocycles. The van der Waals surface area contributed by atoms with Gasteiger partial charge < -0.3 is 9.80 Å². The normalized spacial score (nSPS) is 15.2. The Morgan fingerprint density at radius 3 is 2.29 bits per heavy atom. The first-order valence-corrected chi connectivity index (χ1v) is 10.0. The summed E-state index contributed by atoms with van der Waals surface area (Å²) in [5, 5.41) is 0. The van der Waals surface area contributed by atoms with E-state index in [4.69, 9.17) is 0 Å². The second kappa shape index (κ2) is 8.74. The van der Waals surface area contributed by atoms with Crippen molar-refractivity contribution in [2.75, 3.05) is 44.7 Å². The van der Waals surface area contributed by atoms with E-state index in [1.165, 1.54) is 11.1 Å². The summed E-state index contributed by atoms with van der Waals surface area (Å²) < 4.78 is 0. The van der Waals surface area contributed by atoms with Gasteiger partial charge in [-0.05, 0) is 35.7 Å². The fourth-order valence-electron chi connectivity index (χ4n) is 3.53. The van der Waals surface area contributed by atoms with Crippen LogP contribution in [0.3, 0.4) is 0 Å². The van der Waals surface area contributed by atoms with Gasteiger partial charge in [-0.3, -0.25) is 9.69 Å². The Kier molecular flexibility index (Phi) is 6.35. The average Bonchev–Trinajstić information content (AvgIpc) is 2.68. The fraction of sp³-hybridized carbons (Fsp3) is 0.478. The van der Waals surface area contributed by atoms with Crippen molar-refractivity contribution in [3.8, 4) is 0 Å². The Balaban J connectivity index is 1.47. The molecule has 3 rings (SSSR count). The number of anilines is 1. The van der Waals surface area contributed by atoms with Crippen molar-refractivity contribution >= 4 is 11.7 Å². The van der Waals surface area contributed by atoms with Crippen molar-refractivity contribution in [1.29, 1.82) is 0 Å². The lowest BCUT2D eigenvalue weighted by molar-refractivity contribution is -0.132. The Bertz CT molecular complexity index is 759. The van der Waals surface area contributed by atoms with Gasteiger partial charge in [0.25, 0.3) is 0 Å². The second-order valence-electron chi connectivity index (χ2n) is 8.67. The molecule has 1 aliphatic rings. The van der Waals surface area contributed by atoms with Crippen molar-refractivity contribution in [3.63, 3.8) is 0 Å². The van der Waals surface area contributed by atoms with Crippen molar-refractivity contribution in [2.45, 2.75) is 32.7 Å². The number of nitrogens with zero attached hydrogens (tertiary/aromatic N) is 4. The van der Waals surface area contributed by atoms with Crippen molar-refractivity contribution in [2.24, 2.45) is 0 Å². The maximum absolute atomic E-state index is 12.7. The first-order chi connectivity index (χ1) is 13.3. The van der Waals surface area contributed by atoms with E-state index in [0.29, 0.717) is 6.54 Å². The SMILES string of the molecule is CN(CC(=O)N1CCN(c2ccccn2)CC1)Cc1ccc(C(C)(C)C)cc1. The average molecular weight is 381 g/mol. The molecular weight excluding hydrogens is 348 g/mol. The topological polar surface area (TPSA) is 39.7 Å². The third kappa shape index (κ3) is 5.32. The molecule has 28 heavy (non-hydrogen) atoms. The number of aromatic nitrogens is 1. The van der Waals surface area contributed by atoms with Gasteiger partial charge in [-0.15, -0.1) is 0 Å². The number of rotatable bonds is 5. The Labute approximate surface area is 169 Å². The summed E-state index contributed by atoms with van der Waals surface area (Å²) in [5.41, 5.74) is 2.74. The number of pyridine rings is 1. The van der Waals surface area contributed by atoms with Gasteiger partial charge in [0.2, 0.25) is 5.91 Å². The van der Waals surface area contributed by atoms with Crippen LogP contribution in [-0.2, 0) is 16.8 Å². The summed E-state index contributed by atoms with van der Waals surface area (Å²) in [5.74, 6) is 1.19. The molecular formula is C23H32N4O. The van der Waals surface area contributed by atoms with Crippen LogP contribution >= 0.6 is 0 Å². The number of carbonyl (C=O) groups is 1. The van der Waals surface area contributed by atoms with Crippen LogP contribution in [0.2, 0.25) is 0 Å². The van der Waals surface area contributed by atoms with Gasteiger partial charge in [0.1, 0.15) is 5.82 Å². The third-order valence-electron chi connectivity index (χ3n) is 5.28. The van der Waals surface area contributed by atoms with Crippen LogP contribution in [0.5, 0.6) is 0 Å². The van der Waals surface area contributed by atoms with Gasteiger partial charge in [-0.1, -0.05) is 51.1 Å². The number of likely N-dealkylation sites (N-methyl/N-ethyl adjacent to an activating group) is 1. The molecule has 0 N–H and O–H groups in total. The second-order valence-corrected chi connectivity index (χ2v) is 8.67. The highest BCUT2D eigenvalue weighted by Crippen LogP contribution is 2.22. The third-order valence-corrected chi connectivity index (χ3v) is 5.28. The lowest BCUT2D eigenvalue weighted by atomic mass is 9.87. The van der Waals surface area contributed by atoms with Crippen LogP contribution in [0.1, 0.15) is 31.9 Å². The monoisotopic (exact) mass is 380 g/mol. The minimum atomic E-state index is 0.164. The lowest BCUT2D eigenvalue weighted by Crippen LogP contribution is -2.51. The summed E-state index contributed by atoms with van der Waals surface area (Å²) in [6, 6.07) is 14.7. The van der Waals surface area contributed by atoms with E-state index in [0.717, 1.165) is 38.5 Å². The summed E-state index contributed by atoms with van der Waals surface area (Å²) in [6.45, 7) is 11.1. The highest BCUT2D eigenvalue weighted by atomic mass is 16.2. The molecule has 0 unspecified atom stereocenters. The van der Waals surface area contributed by atoms with Crippen LogP contribution < -0.4 is 4.90 Å². The minimum Gasteiger partial charge on any atom is -0.353 e. The van der Waals surface area contributed by atoms with E-state index in [1.807, 2.05) is 36.3 Å². The number of hydrogen-bond donors (Lipinski definition) is 0. The maximum atomic E-state index is 12.7. The molecule has 1 fully saturated rings. The molecule has 0 atom stereocenters. The van der Waals surface area contributed by atoms with Gasteiger partial charge in [-0.2, -0.15) is 0 Å². The molecule has 0 aliphatic carbocycles. The molecule has 0 bridgehead atoms. The molecule has 5 nitrogen and oxygen atoms in total. The van der Waals surface area contributed by atoms with Crippen LogP contribution in [0, 0.1) is 0 Å². The van der Waals surface area contributed by atoms with E-state index in [9.17, 15) is 4.79 Å². The van der Waals surface area contributed by atoms with Crippen LogP contribution in [0.15, 0.2) is 48.7 Å². The number of piperazine rings is 1. The van der Waals surface area contributed by atoms with Crippen LogP contribution in [0.4, 0.5) is 5.82 Å². The molecule has 0 spiro atoms. The maximum Gasteiger partial charge on any atom is 0.236 e. The smallest absolute Gasteiger partial charge is 0.236 e. The zero-order chi connectivity index (χ0) is 20.1. The molecule has 1 aliphatic heterocycles. The number of carbonyl (C=O) groups excluding carboxylic acids is 1. The molecule has 2 heterocycles. The van der Waals surface area contributed by atoms with Gasteiger partial charge in [0.15, 0.2) is 0 Å². The van der Waals surface area contributed by atoms with Gasteiger partial charge in [-0.25, -0.2) is 4.98 Å². The molecule has 0 saturated carbocycles. The molecule has 2 aromatic rings. The molecule has 1 aromatic heterocycles. The summed E-state index contributed by atoms with van der Waals surface area (Å²) in [7, 11) is 2.01. The van der Waals surface area contributed by atoms with E-state index in [1.54, 1.807) is 0 Å². The molecule has 0 radical (unpaired) electrons. The number of hydrogen-bond acceptors (Lipinski definition) is 4. The molecule has 1 amide bonds. The van der Waals surface area contributed by atoms with Gasteiger partial charge in [0.05, 0.1) is 6.54 Å². The highest BCUT2D eigenvalue weighted by Gasteiger charge is 2.22. The molecule has 150 valence electrons.